The van der Waals surface area contributed by atoms with Crippen molar-refractivity contribution in [2.24, 2.45) is 0 Å². The molecule has 1 aromatic rings. The van der Waals surface area contributed by atoms with E-state index in [0.717, 1.165) is 0 Å². The van der Waals surface area contributed by atoms with E-state index >= 15 is 0 Å². The molecule has 1 aromatic heterocycles. The first-order valence-electron chi connectivity index (χ1n) is 6.15. The Labute approximate surface area is 98.7 Å². The number of thiophene rings is 1. The zero-order valence-corrected chi connectivity index (χ0v) is 11.2. The Hall–Kier alpha value is -0.300. The Morgan fingerprint density at radius 3 is 1.60 bits per heavy atom. The van der Waals surface area contributed by atoms with E-state index in [1.807, 2.05) is 11.3 Å². The maximum Gasteiger partial charge on any atom is 0.00987 e. The van der Waals surface area contributed by atoms with Crippen LogP contribution in [0.5, 0.6) is 0 Å². The van der Waals surface area contributed by atoms with Crippen molar-refractivity contribution in [1.82, 2.24) is 0 Å². The minimum absolute atomic E-state index is 0.341. The second kappa shape index (κ2) is 6.32. The zero-order valence-electron chi connectivity index (χ0n) is 10.4. The van der Waals surface area contributed by atoms with Gasteiger partial charge < -0.3 is 0 Å². The quantitative estimate of drug-likeness (QED) is 0.554. The second-order valence-corrected chi connectivity index (χ2v) is 6.30. The predicted molar refractivity (Wildman–Crippen MR) is 70.7 cm³/mol. The van der Waals surface area contributed by atoms with Gasteiger partial charge in [-0.15, -0.1) is 11.3 Å². The smallest absolute Gasteiger partial charge is 0.00987 e. The van der Waals surface area contributed by atoms with Crippen LogP contribution in [0.4, 0.5) is 0 Å². The van der Waals surface area contributed by atoms with Crippen LogP contribution >= 0.6 is 11.3 Å². The first kappa shape index (κ1) is 12.8. The fourth-order valence-electron chi connectivity index (χ4n) is 1.77. The SMILES string of the molecule is C1CCCCC1.CC(C)(C)c1cccs1. The predicted octanol–water partition coefficient (Wildman–Crippen LogP) is 5.39. The maximum atomic E-state index is 2.23. The van der Waals surface area contributed by atoms with Crippen molar-refractivity contribution >= 4 is 11.3 Å². The molecule has 1 fully saturated rings. The molecule has 0 unspecified atom stereocenters. The van der Waals surface area contributed by atoms with Gasteiger partial charge in [0, 0.05) is 4.88 Å². The normalized spacial score (nSPS) is 16.7. The standard InChI is InChI=1S/C8H12S.C6H12/c1-8(2,3)7-5-4-6-9-7;1-2-4-6-5-3-1/h4-6H,1-3H3;1-6H2. The first-order chi connectivity index (χ1) is 7.11. The van der Waals surface area contributed by atoms with Gasteiger partial charge in [0.1, 0.15) is 0 Å². The van der Waals surface area contributed by atoms with Crippen LogP contribution in [0.15, 0.2) is 17.5 Å². The Kier molecular flexibility index (Phi) is 5.38. The molecule has 0 aliphatic heterocycles. The lowest BCUT2D eigenvalue weighted by atomic mass is 9.95. The molecule has 2 rings (SSSR count). The lowest BCUT2D eigenvalue weighted by molar-refractivity contribution is 0.504. The lowest BCUT2D eigenvalue weighted by Crippen LogP contribution is -2.07. The molecule has 86 valence electrons. The minimum Gasteiger partial charge on any atom is -0.148 e. The van der Waals surface area contributed by atoms with Crippen LogP contribution in [-0.4, -0.2) is 0 Å². The summed E-state index contributed by atoms with van der Waals surface area (Å²) in [5.74, 6) is 0. The molecule has 0 nitrogen and oxygen atoms in total. The summed E-state index contributed by atoms with van der Waals surface area (Å²) in [4.78, 5) is 1.46. The van der Waals surface area contributed by atoms with Crippen molar-refractivity contribution in [2.45, 2.75) is 64.7 Å². The molecule has 0 radical (unpaired) electrons. The van der Waals surface area contributed by atoms with Gasteiger partial charge in [-0.05, 0) is 16.9 Å². The van der Waals surface area contributed by atoms with Gasteiger partial charge in [0.05, 0.1) is 0 Å². The van der Waals surface area contributed by atoms with Crippen molar-refractivity contribution in [3.05, 3.63) is 22.4 Å². The van der Waals surface area contributed by atoms with E-state index in [-0.39, 0.29) is 0 Å². The van der Waals surface area contributed by atoms with Crippen molar-refractivity contribution in [2.75, 3.05) is 0 Å². The highest BCUT2D eigenvalue weighted by Gasteiger charge is 2.13. The van der Waals surface area contributed by atoms with Crippen LogP contribution in [0, 0.1) is 0 Å². The molecule has 0 spiro atoms. The first-order valence-corrected chi connectivity index (χ1v) is 7.02. The van der Waals surface area contributed by atoms with Gasteiger partial charge in [-0.2, -0.15) is 0 Å². The van der Waals surface area contributed by atoms with Gasteiger partial charge in [0.15, 0.2) is 0 Å². The van der Waals surface area contributed by atoms with E-state index in [4.69, 9.17) is 0 Å². The molecule has 0 aromatic carbocycles. The molecule has 0 bridgehead atoms. The van der Waals surface area contributed by atoms with Gasteiger partial charge in [-0.1, -0.05) is 65.4 Å². The van der Waals surface area contributed by atoms with Crippen LogP contribution in [0.1, 0.15) is 64.2 Å². The summed E-state index contributed by atoms with van der Waals surface area (Å²) in [7, 11) is 0. The fourth-order valence-corrected chi connectivity index (χ4v) is 2.58. The third-order valence-electron chi connectivity index (χ3n) is 2.76. The Morgan fingerprint density at radius 2 is 1.40 bits per heavy atom. The highest BCUT2D eigenvalue weighted by atomic mass is 32.1. The lowest BCUT2D eigenvalue weighted by Gasteiger charge is -2.14. The Morgan fingerprint density at radius 1 is 0.933 bits per heavy atom. The van der Waals surface area contributed by atoms with E-state index in [2.05, 4.69) is 38.3 Å². The molecule has 0 atom stereocenters. The van der Waals surface area contributed by atoms with Crippen LogP contribution in [0.25, 0.3) is 0 Å². The Balaban J connectivity index is 0.000000162. The third kappa shape index (κ3) is 5.36. The molecule has 1 aliphatic carbocycles. The summed E-state index contributed by atoms with van der Waals surface area (Å²) < 4.78 is 0. The number of hydrogen-bond donors (Lipinski definition) is 0. The highest BCUT2D eigenvalue weighted by Crippen LogP contribution is 2.25. The van der Waals surface area contributed by atoms with Gasteiger partial charge in [0.25, 0.3) is 0 Å². The largest absolute Gasteiger partial charge is 0.148 e. The summed E-state index contributed by atoms with van der Waals surface area (Å²) in [6.07, 6.45) is 9.00. The number of hydrogen-bond acceptors (Lipinski definition) is 1. The van der Waals surface area contributed by atoms with Crippen molar-refractivity contribution in [3.8, 4) is 0 Å². The van der Waals surface area contributed by atoms with Gasteiger partial charge >= 0.3 is 0 Å². The van der Waals surface area contributed by atoms with Crippen LogP contribution < -0.4 is 0 Å². The molecule has 0 amide bonds. The summed E-state index contributed by atoms with van der Waals surface area (Å²) in [5.41, 5.74) is 0.341. The number of rotatable bonds is 0. The van der Waals surface area contributed by atoms with E-state index in [1.165, 1.54) is 43.4 Å². The third-order valence-corrected chi connectivity index (χ3v) is 4.06. The summed E-state index contributed by atoms with van der Waals surface area (Å²) in [5, 5.41) is 2.13. The van der Waals surface area contributed by atoms with E-state index in [9.17, 15) is 0 Å². The topological polar surface area (TPSA) is 0 Å². The molecular weight excluding hydrogens is 200 g/mol. The minimum atomic E-state index is 0.341. The molecular formula is C14H24S. The zero-order chi connectivity index (χ0) is 11.1. The molecule has 0 saturated heterocycles. The van der Waals surface area contributed by atoms with Crippen LogP contribution in [0.2, 0.25) is 0 Å². The average molecular weight is 224 g/mol. The van der Waals surface area contributed by atoms with Crippen molar-refractivity contribution < 1.29 is 0 Å². The van der Waals surface area contributed by atoms with Gasteiger partial charge in [0.2, 0.25) is 0 Å². The van der Waals surface area contributed by atoms with Crippen LogP contribution in [-0.2, 0) is 5.41 Å². The Bertz CT molecular complexity index is 225. The molecule has 1 heteroatoms. The second-order valence-electron chi connectivity index (χ2n) is 5.35. The fraction of sp³-hybridized carbons (Fsp3) is 0.714. The summed E-state index contributed by atoms with van der Waals surface area (Å²) in [6.45, 7) is 6.70. The van der Waals surface area contributed by atoms with E-state index in [0.29, 0.717) is 5.41 Å². The molecule has 1 aliphatic rings. The molecule has 0 N–H and O–H groups in total. The average Bonchev–Trinajstić information content (AvgIpc) is 2.73. The highest BCUT2D eigenvalue weighted by molar-refractivity contribution is 7.10. The van der Waals surface area contributed by atoms with Gasteiger partial charge in [-0.25, -0.2) is 0 Å². The van der Waals surface area contributed by atoms with Crippen molar-refractivity contribution in [1.29, 1.82) is 0 Å². The van der Waals surface area contributed by atoms with Gasteiger partial charge in [-0.3, -0.25) is 0 Å². The van der Waals surface area contributed by atoms with Crippen LogP contribution in [0.3, 0.4) is 0 Å². The summed E-state index contributed by atoms with van der Waals surface area (Å²) >= 11 is 1.83. The maximum absolute atomic E-state index is 2.23. The van der Waals surface area contributed by atoms with E-state index in [1.54, 1.807) is 0 Å². The molecule has 1 heterocycles. The summed E-state index contributed by atoms with van der Waals surface area (Å²) in [6, 6.07) is 4.29. The molecule has 15 heavy (non-hydrogen) atoms. The van der Waals surface area contributed by atoms with Crippen molar-refractivity contribution in [3.63, 3.8) is 0 Å². The molecule has 1 saturated carbocycles. The van der Waals surface area contributed by atoms with E-state index < -0.39 is 0 Å². The monoisotopic (exact) mass is 224 g/mol.